The largest absolute Gasteiger partial charge is 0.493 e. The molecule has 2 aromatic carbocycles. The Bertz CT molecular complexity index is 1090. The van der Waals surface area contributed by atoms with Crippen LogP contribution >= 0.6 is 22.9 Å². The van der Waals surface area contributed by atoms with E-state index in [2.05, 4.69) is 10.3 Å². The number of methoxy groups -OCH3 is 1. The summed E-state index contributed by atoms with van der Waals surface area (Å²) in [6.45, 7) is 2.33. The molecule has 0 unspecified atom stereocenters. The Labute approximate surface area is 171 Å². The fraction of sp³-hybridized carbons (Fsp3) is 0.143. The van der Waals surface area contributed by atoms with Crippen LogP contribution in [-0.2, 0) is 11.4 Å². The fourth-order valence-corrected chi connectivity index (χ4v) is 3.77. The van der Waals surface area contributed by atoms with Crippen molar-refractivity contribution >= 4 is 46.2 Å². The molecule has 28 heavy (non-hydrogen) atoms. The van der Waals surface area contributed by atoms with Crippen LogP contribution in [-0.4, -0.2) is 18.0 Å². The first kappa shape index (κ1) is 18.5. The molecule has 7 heteroatoms. The van der Waals surface area contributed by atoms with E-state index >= 15 is 0 Å². The van der Waals surface area contributed by atoms with E-state index in [1.807, 2.05) is 42.6 Å². The smallest absolute Gasteiger partial charge is 0.256 e. The minimum atomic E-state index is -0.157. The Balaban J connectivity index is 1.59. The van der Waals surface area contributed by atoms with Gasteiger partial charge in [-0.1, -0.05) is 23.7 Å². The van der Waals surface area contributed by atoms with Gasteiger partial charge in [0.25, 0.3) is 5.91 Å². The summed E-state index contributed by atoms with van der Waals surface area (Å²) in [5.41, 5.74) is 3.84. The van der Waals surface area contributed by atoms with Crippen molar-refractivity contribution < 1.29 is 14.3 Å². The third kappa shape index (κ3) is 3.74. The normalized spacial score (nSPS) is 14.1. The molecule has 1 aliphatic heterocycles. The van der Waals surface area contributed by atoms with E-state index < -0.39 is 0 Å². The second-order valence-corrected chi connectivity index (χ2v) is 7.76. The van der Waals surface area contributed by atoms with Crippen molar-refractivity contribution in [3.05, 3.63) is 68.6 Å². The van der Waals surface area contributed by atoms with Crippen molar-refractivity contribution in [1.82, 2.24) is 4.98 Å². The molecular weight excluding hydrogens is 396 g/mol. The lowest BCUT2D eigenvalue weighted by molar-refractivity contribution is -0.110. The third-order valence-electron chi connectivity index (χ3n) is 4.31. The molecule has 0 saturated carbocycles. The summed E-state index contributed by atoms with van der Waals surface area (Å²) >= 11 is 7.60. The summed E-state index contributed by atoms with van der Waals surface area (Å²) in [6, 6.07) is 10.9. The van der Waals surface area contributed by atoms with Gasteiger partial charge in [-0.05, 0) is 42.8 Å². The number of halogens is 1. The van der Waals surface area contributed by atoms with Gasteiger partial charge in [0.15, 0.2) is 11.5 Å². The van der Waals surface area contributed by atoms with Gasteiger partial charge in [-0.3, -0.25) is 4.79 Å². The number of rotatable bonds is 5. The number of aryl methyl sites for hydroxylation is 1. The van der Waals surface area contributed by atoms with Crippen LogP contribution < -0.4 is 14.8 Å². The number of fused-ring (bicyclic) bond motifs is 1. The number of aromatic nitrogens is 1. The molecule has 0 atom stereocenters. The molecule has 0 aliphatic carbocycles. The molecule has 4 rings (SSSR count). The predicted octanol–water partition coefficient (Wildman–Crippen LogP) is 5.19. The molecule has 0 saturated heterocycles. The molecule has 1 aromatic heterocycles. The third-order valence-corrected chi connectivity index (χ3v) is 5.36. The average molecular weight is 413 g/mol. The minimum Gasteiger partial charge on any atom is -0.493 e. The first-order valence-corrected chi connectivity index (χ1v) is 9.84. The highest BCUT2D eigenvalue weighted by Crippen LogP contribution is 2.36. The van der Waals surface area contributed by atoms with Gasteiger partial charge in [-0.15, -0.1) is 11.3 Å². The van der Waals surface area contributed by atoms with Crippen molar-refractivity contribution in [3.8, 4) is 11.5 Å². The van der Waals surface area contributed by atoms with E-state index in [-0.39, 0.29) is 5.91 Å². The van der Waals surface area contributed by atoms with Crippen LogP contribution in [0.15, 0.2) is 41.8 Å². The molecule has 1 amide bonds. The zero-order valence-corrected chi connectivity index (χ0v) is 16.9. The van der Waals surface area contributed by atoms with E-state index in [4.69, 9.17) is 21.1 Å². The van der Waals surface area contributed by atoms with Crippen LogP contribution in [0.3, 0.4) is 0 Å². The van der Waals surface area contributed by atoms with E-state index in [9.17, 15) is 4.79 Å². The Hall–Kier alpha value is -2.83. The van der Waals surface area contributed by atoms with Gasteiger partial charge in [0.1, 0.15) is 6.61 Å². The van der Waals surface area contributed by atoms with Crippen LogP contribution in [0.4, 0.5) is 5.69 Å². The van der Waals surface area contributed by atoms with Crippen LogP contribution in [0.5, 0.6) is 11.5 Å². The van der Waals surface area contributed by atoms with E-state index in [1.165, 1.54) is 0 Å². The molecule has 5 nitrogen and oxygen atoms in total. The highest BCUT2D eigenvalue weighted by atomic mass is 35.5. The summed E-state index contributed by atoms with van der Waals surface area (Å²) in [6.07, 6.45) is 1.82. The predicted molar refractivity (Wildman–Crippen MR) is 112 cm³/mol. The Morgan fingerprint density at radius 2 is 2.07 bits per heavy atom. The number of hydrogen-bond donors (Lipinski definition) is 1. The second-order valence-electron chi connectivity index (χ2n) is 6.26. The van der Waals surface area contributed by atoms with Crippen molar-refractivity contribution in [2.24, 2.45) is 0 Å². The Kier molecular flexibility index (Phi) is 5.07. The zero-order chi connectivity index (χ0) is 19.7. The van der Waals surface area contributed by atoms with E-state index in [1.54, 1.807) is 30.6 Å². The van der Waals surface area contributed by atoms with Gasteiger partial charge in [0.2, 0.25) is 0 Å². The maximum absolute atomic E-state index is 12.3. The minimum absolute atomic E-state index is 0.157. The maximum atomic E-state index is 12.3. The molecule has 0 fully saturated rings. The number of carbonyl (C=O) groups excluding carboxylic acids is 1. The Morgan fingerprint density at radius 1 is 1.21 bits per heavy atom. The summed E-state index contributed by atoms with van der Waals surface area (Å²) in [5.74, 6) is 1.06. The topological polar surface area (TPSA) is 60.5 Å². The summed E-state index contributed by atoms with van der Waals surface area (Å²) in [7, 11) is 1.59. The summed E-state index contributed by atoms with van der Waals surface area (Å²) < 4.78 is 11.3. The van der Waals surface area contributed by atoms with Crippen LogP contribution in [0.1, 0.15) is 21.8 Å². The number of amides is 1. The number of benzene rings is 2. The number of nitrogens with zero attached hydrogens (tertiary/aromatic N) is 1. The van der Waals surface area contributed by atoms with Crippen molar-refractivity contribution in [2.75, 3.05) is 12.4 Å². The van der Waals surface area contributed by atoms with Crippen LogP contribution in [0, 0.1) is 6.92 Å². The molecular formula is C21H17ClN2O3S. The number of ether oxygens (including phenoxy) is 2. The van der Waals surface area contributed by atoms with Gasteiger partial charge in [-0.25, -0.2) is 4.98 Å². The lowest BCUT2D eigenvalue weighted by Crippen LogP contribution is -2.03. The molecule has 3 aromatic rings. The van der Waals surface area contributed by atoms with Gasteiger partial charge in [-0.2, -0.15) is 0 Å². The Morgan fingerprint density at radius 3 is 2.82 bits per heavy atom. The van der Waals surface area contributed by atoms with Gasteiger partial charge in [0.05, 0.1) is 23.5 Å². The standard InChI is InChI=1S/C21H17ClN2O3S/c1-12-23-15(11-28-12)10-27-19-6-3-13(8-20(19)26-2)7-17-16-5-4-14(22)9-18(16)24-21(17)25/h3-9,11H,10H2,1-2H3,(H,24,25)/b17-7+. The molecule has 0 radical (unpaired) electrons. The quantitative estimate of drug-likeness (QED) is 0.586. The molecule has 142 valence electrons. The highest BCUT2D eigenvalue weighted by molar-refractivity contribution is 7.09. The first-order chi connectivity index (χ1) is 13.5. The van der Waals surface area contributed by atoms with Gasteiger partial charge >= 0.3 is 0 Å². The highest BCUT2D eigenvalue weighted by Gasteiger charge is 2.24. The number of hydrogen-bond acceptors (Lipinski definition) is 5. The number of nitrogens with one attached hydrogen (secondary N) is 1. The van der Waals surface area contributed by atoms with Gasteiger partial charge < -0.3 is 14.8 Å². The maximum Gasteiger partial charge on any atom is 0.256 e. The monoisotopic (exact) mass is 412 g/mol. The van der Waals surface area contributed by atoms with Crippen molar-refractivity contribution in [1.29, 1.82) is 0 Å². The van der Waals surface area contributed by atoms with Crippen LogP contribution in [0.25, 0.3) is 11.6 Å². The molecule has 0 bridgehead atoms. The first-order valence-electron chi connectivity index (χ1n) is 8.58. The molecule has 2 heterocycles. The average Bonchev–Trinajstić information content (AvgIpc) is 3.23. The fourth-order valence-electron chi connectivity index (χ4n) is 3.00. The van der Waals surface area contributed by atoms with E-state index in [0.29, 0.717) is 34.4 Å². The summed E-state index contributed by atoms with van der Waals surface area (Å²) in [4.78, 5) is 16.7. The molecule has 1 aliphatic rings. The molecule has 0 spiro atoms. The summed E-state index contributed by atoms with van der Waals surface area (Å²) in [5, 5.41) is 6.40. The lowest BCUT2D eigenvalue weighted by Gasteiger charge is -2.10. The SMILES string of the molecule is COc1cc(/C=C2/C(=O)Nc3cc(Cl)ccc32)ccc1OCc1csc(C)n1. The zero-order valence-electron chi connectivity index (χ0n) is 15.3. The van der Waals surface area contributed by atoms with E-state index in [0.717, 1.165) is 21.8 Å². The number of anilines is 1. The number of carbonyl (C=O) groups is 1. The van der Waals surface area contributed by atoms with Crippen molar-refractivity contribution in [3.63, 3.8) is 0 Å². The lowest BCUT2D eigenvalue weighted by atomic mass is 10.0. The van der Waals surface area contributed by atoms with Crippen molar-refractivity contribution in [2.45, 2.75) is 13.5 Å². The molecule has 1 N–H and O–H groups in total. The van der Waals surface area contributed by atoms with Crippen LogP contribution in [0.2, 0.25) is 5.02 Å². The van der Waals surface area contributed by atoms with Gasteiger partial charge in [0, 0.05) is 21.5 Å². The second kappa shape index (κ2) is 7.66. The number of thiazole rings is 1.